The van der Waals surface area contributed by atoms with E-state index in [1.54, 1.807) is 31.4 Å². The summed E-state index contributed by atoms with van der Waals surface area (Å²) in [4.78, 5) is 24.5. The van der Waals surface area contributed by atoms with E-state index in [9.17, 15) is 4.39 Å². The van der Waals surface area contributed by atoms with Crippen LogP contribution in [0.15, 0.2) is 115 Å². The molecule has 0 unspecified atom stereocenters. The summed E-state index contributed by atoms with van der Waals surface area (Å²) >= 11 is 0. The third kappa shape index (κ3) is 8.66. The molecule has 2 fully saturated rings. The molecule has 0 saturated carbocycles. The van der Waals surface area contributed by atoms with E-state index < -0.39 is 6.67 Å². The molecule has 0 atom stereocenters. The highest BCUT2D eigenvalue weighted by atomic mass is 19.1. The summed E-state index contributed by atoms with van der Waals surface area (Å²) in [7, 11) is 1.58. The molecule has 9 rings (SSSR count). The van der Waals surface area contributed by atoms with E-state index >= 15 is 8.78 Å². The summed E-state index contributed by atoms with van der Waals surface area (Å²) in [5, 5.41) is 3.91. The molecule has 0 bridgehead atoms. The van der Waals surface area contributed by atoms with Crippen LogP contribution in [0.3, 0.4) is 0 Å². The minimum Gasteiger partial charge on any atom is -0.493 e. The van der Waals surface area contributed by atoms with Crippen LogP contribution in [0.2, 0.25) is 0 Å². The van der Waals surface area contributed by atoms with Crippen LogP contribution in [-0.4, -0.2) is 88.5 Å². The van der Waals surface area contributed by atoms with E-state index in [1.807, 2.05) is 78.9 Å². The summed E-state index contributed by atoms with van der Waals surface area (Å²) in [5.74, 6) is 1.43. The van der Waals surface area contributed by atoms with Crippen LogP contribution >= 0.6 is 0 Å². The minimum atomic E-state index is -0.577. The van der Waals surface area contributed by atoms with Crippen molar-refractivity contribution in [3.8, 4) is 34.0 Å². The number of nitrogens with one attached hydrogen (secondary N) is 1. The van der Waals surface area contributed by atoms with E-state index in [1.165, 1.54) is 12.1 Å². The zero-order valence-corrected chi connectivity index (χ0v) is 34.0. The standard InChI is InChI=1S/C48H47F3N8O2/c1-60-43-19-18-32(30-44(43)61-29-24-49)31-57-25-20-33(21-26-57)59(56-47-52-41-16-8-4-12-37(41)45(54-47)35-10-2-6-14-39(35)50)34-22-27-58(28-23-34)48-53-42-17-9-5-13-38(42)46(55-48)36-11-3-7-15-40(36)51/h2-19,30,33-34H,20-29,31H2,1H3,(H,52,54,56). The molecule has 2 aromatic heterocycles. The van der Waals surface area contributed by atoms with Gasteiger partial charge in [-0.1, -0.05) is 66.7 Å². The number of rotatable bonds is 13. The molecule has 2 aliphatic rings. The van der Waals surface area contributed by atoms with E-state index in [4.69, 9.17) is 29.4 Å². The monoisotopic (exact) mass is 824 g/mol. The Labute approximate surface area is 353 Å². The Bertz CT molecular complexity index is 2630. The smallest absolute Gasteiger partial charge is 0.238 e. The Morgan fingerprint density at radius 3 is 1.85 bits per heavy atom. The fraction of sp³-hybridized carbons (Fsp3) is 0.292. The molecule has 2 saturated heterocycles. The van der Waals surface area contributed by atoms with Crippen LogP contribution in [-0.2, 0) is 6.54 Å². The zero-order chi connectivity index (χ0) is 41.7. The average Bonchev–Trinajstić information content (AvgIpc) is 3.30. The minimum absolute atomic E-state index is 0.0281. The normalized spacial score (nSPS) is 15.5. The molecule has 0 amide bonds. The predicted molar refractivity (Wildman–Crippen MR) is 233 cm³/mol. The second-order valence-corrected chi connectivity index (χ2v) is 15.5. The van der Waals surface area contributed by atoms with Gasteiger partial charge >= 0.3 is 0 Å². The molecular formula is C48H47F3N8O2. The number of hydrogen-bond acceptors (Lipinski definition) is 10. The Morgan fingerprint density at radius 1 is 0.656 bits per heavy atom. The fourth-order valence-electron chi connectivity index (χ4n) is 8.68. The number of alkyl halides is 1. The molecule has 4 heterocycles. The van der Waals surface area contributed by atoms with Crippen LogP contribution < -0.4 is 19.8 Å². The number of ether oxygens (including phenoxy) is 2. The van der Waals surface area contributed by atoms with Crippen molar-refractivity contribution in [2.75, 3.05) is 56.9 Å². The molecule has 2 aliphatic heterocycles. The third-order valence-corrected chi connectivity index (χ3v) is 11.7. The molecule has 10 nitrogen and oxygen atoms in total. The number of anilines is 2. The zero-order valence-electron chi connectivity index (χ0n) is 34.0. The van der Waals surface area contributed by atoms with Gasteiger partial charge in [0.15, 0.2) is 11.5 Å². The number of aromatic nitrogens is 4. The first-order chi connectivity index (χ1) is 29.9. The van der Waals surface area contributed by atoms with Crippen molar-refractivity contribution in [3.05, 3.63) is 132 Å². The van der Waals surface area contributed by atoms with E-state index in [0.717, 1.165) is 72.7 Å². The lowest BCUT2D eigenvalue weighted by atomic mass is 9.98. The summed E-state index contributed by atoms with van der Waals surface area (Å²) in [5.41, 5.74) is 8.20. The lowest BCUT2D eigenvalue weighted by Crippen LogP contribution is -2.55. The number of fused-ring (bicyclic) bond motifs is 2. The number of para-hydroxylation sites is 2. The highest BCUT2D eigenvalue weighted by molar-refractivity contribution is 5.94. The molecule has 1 N–H and O–H groups in total. The van der Waals surface area contributed by atoms with Gasteiger partial charge in [0, 0.05) is 66.7 Å². The van der Waals surface area contributed by atoms with Crippen molar-refractivity contribution in [1.82, 2.24) is 29.8 Å². The van der Waals surface area contributed by atoms with Crippen molar-refractivity contribution in [1.29, 1.82) is 0 Å². The Kier molecular flexibility index (Phi) is 11.9. The van der Waals surface area contributed by atoms with Crippen LogP contribution in [0.1, 0.15) is 31.2 Å². The Morgan fingerprint density at radius 2 is 1.23 bits per heavy atom. The van der Waals surface area contributed by atoms with Gasteiger partial charge in [0.2, 0.25) is 11.9 Å². The number of hydrogen-bond donors (Lipinski definition) is 1. The van der Waals surface area contributed by atoms with Crippen LogP contribution in [0, 0.1) is 11.6 Å². The number of hydrazine groups is 1. The number of halogens is 3. The van der Waals surface area contributed by atoms with Crippen molar-refractivity contribution < 1.29 is 22.6 Å². The lowest BCUT2D eigenvalue weighted by molar-refractivity contribution is 0.0808. The van der Waals surface area contributed by atoms with Gasteiger partial charge in [-0.2, -0.15) is 0 Å². The van der Waals surface area contributed by atoms with Gasteiger partial charge in [-0.25, -0.2) is 38.1 Å². The molecule has 0 spiro atoms. The van der Waals surface area contributed by atoms with Crippen molar-refractivity contribution >= 4 is 33.7 Å². The number of methoxy groups -OCH3 is 1. The molecule has 0 radical (unpaired) electrons. The van der Waals surface area contributed by atoms with E-state index in [0.29, 0.717) is 59.0 Å². The highest BCUT2D eigenvalue weighted by Gasteiger charge is 2.34. The molecular weight excluding hydrogens is 778 g/mol. The maximum atomic E-state index is 15.3. The van der Waals surface area contributed by atoms with Crippen molar-refractivity contribution in [2.45, 2.75) is 44.3 Å². The highest BCUT2D eigenvalue weighted by Crippen LogP contribution is 2.35. The average molecular weight is 825 g/mol. The number of nitrogens with zero attached hydrogens (tertiary/aromatic N) is 7. The quantitative estimate of drug-likeness (QED) is 0.113. The predicted octanol–water partition coefficient (Wildman–Crippen LogP) is 9.50. The lowest BCUT2D eigenvalue weighted by Gasteiger charge is -2.45. The Balaban J connectivity index is 0.985. The topological polar surface area (TPSA) is 91.8 Å². The van der Waals surface area contributed by atoms with Crippen LogP contribution in [0.4, 0.5) is 25.1 Å². The van der Waals surface area contributed by atoms with Gasteiger partial charge in [0.1, 0.15) is 24.9 Å². The van der Waals surface area contributed by atoms with Gasteiger partial charge in [0.25, 0.3) is 0 Å². The molecule has 7 aromatic rings. The largest absolute Gasteiger partial charge is 0.493 e. The first-order valence-electron chi connectivity index (χ1n) is 20.9. The third-order valence-electron chi connectivity index (χ3n) is 11.7. The molecule has 61 heavy (non-hydrogen) atoms. The summed E-state index contributed by atoms with van der Waals surface area (Å²) in [6, 6.07) is 35.0. The fourth-order valence-corrected chi connectivity index (χ4v) is 8.68. The van der Waals surface area contributed by atoms with Crippen molar-refractivity contribution in [2.24, 2.45) is 0 Å². The second-order valence-electron chi connectivity index (χ2n) is 15.5. The Hall–Kier alpha value is -6.31. The summed E-state index contributed by atoms with van der Waals surface area (Å²) in [6.07, 6.45) is 3.34. The van der Waals surface area contributed by atoms with Gasteiger partial charge in [-0.05, 0) is 79.8 Å². The summed E-state index contributed by atoms with van der Waals surface area (Å²) in [6.45, 7) is 3.16. The van der Waals surface area contributed by atoms with Crippen molar-refractivity contribution in [3.63, 3.8) is 0 Å². The maximum absolute atomic E-state index is 15.3. The van der Waals surface area contributed by atoms with Gasteiger partial charge in [-0.15, -0.1) is 0 Å². The SMILES string of the molecule is COc1ccc(CN2CCC(N(Nc3nc(-c4ccccc4F)c4ccccc4n3)C3CCN(c4nc(-c5ccccc5F)c5ccccc5n4)CC3)CC2)cc1OCCF. The van der Waals surface area contributed by atoms with Crippen LogP contribution in [0.25, 0.3) is 44.3 Å². The number of piperidine rings is 2. The van der Waals surface area contributed by atoms with E-state index in [2.05, 4.69) is 20.2 Å². The summed E-state index contributed by atoms with van der Waals surface area (Å²) < 4.78 is 54.6. The van der Waals surface area contributed by atoms with Crippen LogP contribution in [0.5, 0.6) is 11.5 Å². The first-order valence-corrected chi connectivity index (χ1v) is 20.9. The first kappa shape index (κ1) is 40.1. The number of benzene rings is 5. The van der Waals surface area contributed by atoms with Gasteiger partial charge in [-0.3, -0.25) is 10.3 Å². The molecule has 13 heteroatoms. The molecule has 0 aliphatic carbocycles. The molecule has 5 aromatic carbocycles. The van der Waals surface area contributed by atoms with E-state index in [-0.39, 0.29) is 30.3 Å². The second kappa shape index (κ2) is 18.1. The van der Waals surface area contributed by atoms with Gasteiger partial charge in [0.05, 0.1) is 29.5 Å². The maximum Gasteiger partial charge on any atom is 0.238 e. The van der Waals surface area contributed by atoms with Gasteiger partial charge < -0.3 is 14.4 Å². The number of likely N-dealkylation sites (tertiary alicyclic amines) is 1. The molecule has 312 valence electrons.